The maximum atomic E-state index is 12.2. The molecule has 0 aromatic heterocycles. The molecule has 4 nitrogen and oxygen atoms in total. The highest BCUT2D eigenvalue weighted by Gasteiger charge is 2.28. The third-order valence-electron chi connectivity index (χ3n) is 3.52. The molecule has 7 heteroatoms. The predicted octanol–water partition coefficient (Wildman–Crippen LogP) is 3.60. The lowest BCUT2D eigenvalue weighted by Gasteiger charge is -2.26. The summed E-state index contributed by atoms with van der Waals surface area (Å²) >= 11 is 0. The van der Waals surface area contributed by atoms with Crippen molar-refractivity contribution in [3.05, 3.63) is 29.8 Å². The van der Waals surface area contributed by atoms with E-state index in [1.54, 1.807) is 19.1 Å². The fraction of sp³-hybridized carbons (Fsp3) is 0.588. The molecule has 136 valence electrons. The van der Waals surface area contributed by atoms with Crippen molar-refractivity contribution in [2.75, 3.05) is 6.61 Å². The Morgan fingerprint density at radius 3 is 2.46 bits per heavy atom. The highest BCUT2D eigenvalue weighted by molar-refractivity contribution is 5.77. The Morgan fingerprint density at radius 1 is 1.29 bits per heavy atom. The summed E-state index contributed by atoms with van der Waals surface area (Å²) in [5.74, 6) is -0.243. The number of benzene rings is 1. The van der Waals surface area contributed by atoms with Crippen LogP contribution in [0.15, 0.2) is 24.3 Å². The van der Waals surface area contributed by atoms with Crippen molar-refractivity contribution in [3.63, 3.8) is 0 Å². The smallest absolute Gasteiger partial charge is 0.422 e. The SMILES string of the molecule is C[C@H](NC(=O)C[C@@H](O)C(C)(C)C)c1cccc(OCC(F)(F)F)c1. The average molecular weight is 347 g/mol. The third kappa shape index (κ3) is 7.21. The van der Waals surface area contributed by atoms with Crippen LogP contribution in [0.5, 0.6) is 5.75 Å². The van der Waals surface area contributed by atoms with E-state index >= 15 is 0 Å². The van der Waals surface area contributed by atoms with Crippen molar-refractivity contribution >= 4 is 5.91 Å². The summed E-state index contributed by atoms with van der Waals surface area (Å²) in [4.78, 5) is 12.0. The summed E-state index contributed by atoms with van der Waals surface area (Å²) in [5.41, 5.74) is 0.208. The van der Waals surface area contributed by atoms with E-state index in [4.69, 9.17) is 4.74 Å². The van der Waals surface area contributed by atoms with E-state index in [9.17, 15) is 23.1 Å². The Labute approximate surface area is 140 Å². The number of aliphatic hydroxyl groups is 1. The summed E-state index contributed by atoms with van der Waals surface area (Å²) in [5, 5.41) is 12.7. The van der Waals surface area contributed by atoms with Gasteiger partial charge in [-0.05, 0) is 30.0 Å². The van der Waals surface area contributed by atoms with E-state index in [1.807, 2.05) is 20.8 Å². The molecule has 0 spiro atoms. The van der Waals surface area contributed by atoms with Crippen LogP contribution >= 0.6 is 0 Å². The first-order chi connectivity index (χ1) is 10.9. The van der Waals surface area contributed by atoms with E-state index in [1.165, 1.54) is 12.1 Å². The summed E-state index contributed by atoms with van der Waals surface area (Å²) in [6.07, 6.45) is -5.23. The van der Waals surface area contributed by atoms with Crippen molar-refractivity contribution in [2.45, 2.75) is 52.4 Å². The minimum Gasteiger partial charge on any atom is -0.484 e. The van der Waals surface area contributed by atoms with Crippen molar-refractivity contribution in [1.82, 2.24) is 5.32 Å². The molecule has 0 aliphatic rings. The van der Waals surface area contributed by atoms with Crippen LogP contribution in [0.3, 0.4) is 0 Å². The highest BCUT2D eigenvalue weighted by Crippen LogP contribution is 2.24. The van der Waals surface area contributed by atoms with Crippen molar-refractivity contribution in [3.8, 4) is 5.75 Å². The minimum absolute atomic E-state index is 0.0435. The van der Waals surface area contributed by atoms with Crippen LogP contribution in [0.1, 0.15) is 45.7 Å². The lowest BCUT2D eigenvalue weighted by atomic mass is 9.87. The number of alkyl halides is 3. The number of hydrogen-bond donors (Lipinski definition) is 2. The van der Waals surface area contributed by atoms with Crippen LogP contribution in [0, 0.1) is 5.41 Å². The monoisotopic (exact) mass is 347 g/mol. The number of carbonyl (C=O) groups excluding carboxylic acids is 1. The van der Waals surface area contributed by atoms with Gasteiger partial charge in [-0.15, -0.1) is 0 Å². The lowest BCUT2D eigenvalue weighted by Crippen LogP contribution is -2.35. The Hall–Kier alpha value is -1.76. The molecule has 0 saturated carbocycles. The van der Waals surface area contributed by atoms with E-state index in [2.05, 4.69) is 5.32 Å². The molecule has 0 radical (unpaired) electrons. The molecule has 1 amide bonds. The maximum Gasteiger partial charge on any atom is 0.422 e. The van der Waals surface area contributed by atoms with Gasteiger partial charge in [-0.3, -0.25) is 4.79 Å². The summed E-state index contributed by atoms with van der Waals surface area (Å²) in [7, 11) is 0. The largest absolute Gasteiger partial charge is 0.484 e. The average Bonchev–Trinajstić information content (AvgIpc) is 2.43. The maximum absolute atomic E-state index is 12.2. The molecule has 1 aromatic rings. The molecule has 0 fully saturated rings. The van der Waals surface area contributed by atoms with Crippen molar-refractivity contribution < 1.29 is 27.8 Å². The molecule has 0 saturated heterocycles. The first kappa shape index (κ1) is 20.3. The molecule has 1 aromatic carbocycles. The number of ether oxygens (including phenoxy) is 1. The third-order valence-corrected chi connectivity index (χ3v) is 3.52. The van der Waals surface area contributed by atoms with Gasteiger partial charge in [0.25, 0.3) is 0 Å². The van der Waals surface area contributed by atoms with Gasteiger partial charge in [-0.1, -0.05) is 32.9 Å². The zero-order valence-corrected chi connectivity index (χ0v) is 14.3. The van der Waals surface area contributed by atoms with Gasteiger partial charge in [-0.2, -0.15) is 13.2 Å². The molecule has 0 heterocycles. The quantitative estimate of drug-likeness (QED) is 0.827. The summed E-state index contributed by atoms with van der Waals surface area (Å²) in [6, 6.07) is 5.71. The van der Waals surface area contributed by atoms with Crippen LogP contribution in [0.2, 0.25) is 0 Å². The van der Waals surface area contributed by atoms with Crippen LogP contribution in [0.4, 0.5) is 13.2 Å². The molecule has 1 rings (SSSR count). The number of hydrogen-bond acceptors (Lipinski definition) is 3. The number of rotatable bonds is 6. The second kappa shape index (κ2) is 7.88. The van der Waals surface area contributed by atoms with E-state index in [0.717, 1.165) is 0 Å². The number of carbonyl (C=O) groups is 1. The van der Waals surface area contributed by atoms with Crippen LogP contribution < -0.4 is 10.1 Å². The fourth-order valence-corrected chi connectivity index (χ4v) is 1.90. The van der Waals surface area contributed by atoms with E-state index in [0.29, 0.717) is 5.56 Å². The lowest BCUT2D eigenvalue weighted by molar-refractivity contribution is -0.153. The summed E-state index contributed by atoms with van der Waals surface area (Å²) < 4.78 is 41.3. The van der Waals surface area contributed by atoms with Gasteiger partial charge in [0.2, 0.25) is 5.91 Å². The Morgan fingerprint density at radius 2 is 1.92 bits per heavy atom. The van der Waals surface area contributed by atoms with Crippen LogP contribution in [-0.2, 0) is 4.79 Å². The van der Waals surface area contributed by atoms with Gasteiger partial charge in [0.1, 0.15) is 5.75 Å². The van der Waals surface area contributed by atoms with Crippen molar-refractivity contribution in [2.24, 2.45) is 5.41 Å². The van der Waals surface area contributed by atoms with Crippen LogP contribution in [-0.4, -0.2) is 29.9 Å². The van der Waals surface area contributed by atoms with Crippen LogP contribution in [0.25, 0.3) is 0 Å². The van der Waals surface area contributed by atoms with Gasteiger partial charge in [0.05, 0.1) is 18.6 Å². The molecule has 0 aliphatic carbocycles. The van der Waals surface area contributed by atoms with Gasteiger partial charge >= 0.3 is 6.18 Å². The number of nitrogens with one attached hydrogen (secondary N) is 1. The number of aliphatic hydroxyl groups excluding tert-OH is 1. The molecule has 0 aliphatic heterocycles. The second-order valence-electron chi connectivity index (χ2n) is 6.85. The zero-order valence-electron chi connectivity index (χ0n) is 14.3. The summed E-state index contributed by atoms with van der Waals surface area (Å²) in [6.45, 7) is 5.83. The molecule has 2 N–H and O–H groups in total. The predicted molar refractivity (Wildman–Crippen MR) is 84.6 cm³/mol. The van der Waals surface area contributed by atoms with E-state index < -0.39 is 30.3 Å². The number of amides is 1. The molecule has 24 heavy (non-hydrogen) atoms. The molecule has 0 bridgehead atoms. The standard InChI is InChI=1S/C17H24F3NO3/c1-11(21-15(23)9-14(22)16(2,3)4)12-6-5-7-13(8-12)24-10-17(18,19)20/h5-8,11,14,22H,9-10H2,1-4H3,(H,21,23)/t11-,14+/m0/s1. The number of halogens is 3. The molecule has 0 unspecified atom stereocenters. The second-order valence-corrected chi connectivity index (χ2v) is 6.85. The first-order valence-corrected chi connectivity index (χ1v) is 7.65. The topological polar surface area (TPSA) is 58.6 Å². The zero-order chi connectivity index (χ0) is 18.5. The Bertz CT molecular complexity index is 553. The molecule has 2 atom stereocenters. The van der Waals surface area contributed by atoms with Gasteiger partial charge < -0.3 is 15.2 Å². The Balaban J connectivity index is 2.64. The van der Waals surface area contributed by atoms with Gasteiger partial charge in [0.15, 0.2) is 6.61 Å². The normalized spacial score (nSPS) is 14.8. The Kier molecular flexibility index (Phi) is 6.66. The minimum atomic E-state index is -4.40. The van der Waals surface area contributed by atoms with Gasteiger partial charge in [0, 0.05) is 0 Å². The first-order valence-electron chi connectivity index (χ1n) is 7.65. The van der Waals surface area contributed by atoms with Crippen molar-refractivity contribution in [1.29, 1.82) is 0 Å². The molecular weight excluding hydrogens is 323 g/mol. The highest BCUT2D eigenvalue weighted by atomic mass is 19.4. The van der Waals surface area contributed by atoms with E-state index in [-0.39, 0.29) is 18.1 Å². The fourth-order valence-electron chi connectivity index (χ4n) is 1.90. The van der Waals surface area contributed by atoms with Gasteiger partial charge in [-0.25, -0.2) is 0 Å². The molecular formula is C17H24F3NO3.